The third-order valence-electron chi connectivity index (χ3n) is 4.86. The van der Waals surface area contributed by atoms with Gasteiger partial charge in [-0.1, -0.05) is 19.4 Å². The van der Waals surface area contributed by atoms with Crippen molar-refractivity contribution < 1.29 is 13.2 Å². The Morgan fingerprint density at radius 1 is 1.19 bits per heavy atom. The summed E-state index contributed by atoms with van der Waals surface area (Å²) in [7, 11) is 0. The van der Waals surface area contributed by atoms with E-state index in [-0.39, 0.29) is 5.56 Å². The first-order valence-electron chi connectivity index (χ1n) is 8.97. The number of aromatic nitrogens is 2. The predicted octanol–water partition coefficient (Wildman–Crippen LogP) is 4.05. The molecule has 146 valence electrons. The molecule has 1 aliphatic heterocycles. The second-order valence-corrected chi connectivity index (χ2v) is 6.86. The fourth-order valence-corrected chi connectivity index (χ4v) is 3.15. The van der Waals surface area contributed by atoms with E-state index >= 15 is 0 Å². The highest BCUT2D eigenvalue weighted by Crippen LogP contribution is 2.34. The van der Waals surface area contributed by atoms with Gasteiger partial charge in [0.25, 0.3) is 5.56 Å². The molecular formula is C19H23F3N4O. The Balaban J connectivity index is 2.11. The van der Waals surface area contributed by atoms with Crippen LogP contribution < -0.4 is 10.5 Å². The molecule has 0 unspecified atom stereocenters. The van der Waals surface area contributed by atoms with Gasteiger partial charge in [0.05, 0.1) is 18.9 Å². The van der Waals surface area contributed by atoms with Gasteiger partial charge in [-0.05, 0) is 38.5 Å². The van der Waals surface area contributed by atoms with E-state index in [1.54, 1.807) is 29.4 Å². The molecule has 3 rings (SSSR count). The zero-order valence-corrected chi connectivity index (χ0v) is 15.7. The van der Waals surface area contributed by atoms with Gasteiger partial charge in [-0.25, -0.2) is 4.98 Å². The summed E-state index contributed by atoms with van der Waals surface area (Å²) in [5.74, 6) is 0.384. The fourth-order valence-electron chi connectivity index (χ4n) is 3.15. The molecule has 0 radical (unpaired) electrons. The lowest BCUT2D eigenvalue weighted by Crippen LogP contribution is -2.48. The summed E-state index contributed by atoms with van der Waals surface area (Å²) in [6.07, 6.45) is -2.49. The van der Waals surface area contributed by atoms with Crippen molar-refractivity contribution in [3.8, 4) is 0 Å². The number of benzene rings is 1. The molecule has 0 fully saturated rings. The van der Waals surface area contributed by atoms with Crippen LogP contribution in [0.2, 0.25) is 0 Å². The summed E-state index contributed by atoms with van der Waals surface area (Å²) in [5, 5.41) is 0. The van der Waals surface area contributed by atoms with E-state index in [0.29, 0.717) is 36.2 Å². The number of alkyl halides is 3. The smallest absolute Gasteiger partial charge is 0.298 e. The Morgan fingerprint density at radius 2 is 1.93 bits per heavy atom. The van der Waals surface area contributed by atoms with Gasteiger partial charge in [0.2, 0.25) is 5.95 Å². The van der Waals surface area contributed by atoms with Gasteiger partial charge in [-0.2, -0.15) is 13.2 Å². The number of rotatable bonds is 4. The van der Waals surface area contributed by atoms with Gasteiger partial charge < -0.3 is 0 Å². The van der Waals surface area contributed by atoms with Gasteiger partial charge in [-0.15, -0.1) is 0 Å². The molecule has 0 bridgehead atoms. The van der Waals surface area contributed by atoms with Crippen LogP contribution in [0.15, 0.2) is 29.1 Å². The highest BCUT2D eigenvalue weighted by Gasteiger charge is 2.32. The lowest BCUT2D eigenvalue weighted by atomic mass is 10.2. The molecule has 0 saturated heterocycles. The number of unbranched alkanes of at least 4 members (excludes halogenated alkanes) is 1. The van der Waals surface area contributed by atoms with Gasteiger partial charge in [0, 0.05) is 23.5 Å². The van der Waals surface area contributed by atoms with E-state index in [1.165, 1.54) is 6.07 Å². The van der Waals surface area contributed by atoms with E-state index in [2.05, 4.69) is 16.8 Å². The van der Waals surface area contributed by atoms with Crippen molar-refractivity contribution >= 4 is 11.6 Å². The molecule has 1 aromatic heterocycles. The molecule has 1 aliphatic rings. The zero-order valence-electron chi connectivity index (χ0n) is 15.7. The normalized spacial score (nSPS) is 15.1. The molecule has 0 amide bonds. The number of fused-ring (bicyclic) bond motifs is 1. The molecule has 0 spiro atoms. The number of hydrogen-bond donors (Lipinski definition) is 0. The van der Waals surface area contributed by atoms with E-state index in [9.17, 15) is 18.0 Å². The van der Waals surface area contributed by atoms with E-state index in [4.69, 9.17) is 0 Å². The monoisotopic (exact) mass is 380 g/mol. The molecule has 2 heterocycles. The number of halogens is 3. The zero-order chi connectivity index (χ0) is 19.8. The van der Waals surface area contributed by atoms with Crippen molar-refractivity contribution in [2.24, 2.45) is 0 Å². The Bertz CT molecular complexity index is 891. The van der Waals surface area contributed by atoms with E-state index < -0.39 is 11.7 Å². The van der Waals surface area contributed by atoms with Crippen LogP contribution in [0.5, 0.6) is 0 Å². The third-order valence-corrected chi connectivity index (χ3v) is 4.86. The summed E-state index contributed by atoms with van der Waals surface area (Å²) in [6.45, 7) is 7.06. The maximum absolute atomic E-state index is 13.2. The van der Waals surface area contributed by atoms with Crippen LogP contribution >= 0.6 is 0 Å². The number of aryl methyl sites for hydroxylation is 1. The topological polar surface area (TPSA) is 41.4 Å². The van der Waals surface area contributed by atoms with Gasteiger partial charge in [0.15, 0.2) is 0 Å². The van der Waals surface area contributed by atoms with E-state index in [0.717, 1.165) is 31.5 Å². The Labute approximate surface area is 156 Å². The van der Waals surface area contributed by atoms with Crippen molar-refractivity contribution in [1.82, 2.24) is 14.5 Å². The van der Waals surface area contributed by atoms with Crippen molar-refractivity contribution in [3.05, 3.63) is 51.4 Å². The average molecular weight is 380 g/mol. The van der Waals surface area contributed by atoms with Crippen LogP contribution in [0.4, 0.5) is 24.8 Å². The number of hydrogen-bond acceptors (Lipinski definition) is 4. The predicted molar refractivity (Wildman–Crippen MR) is 98.0 cm³/mol. The third kappa shape index (κ3) is 3.85. The summed E-state index contributed by atoms with van der Waals surface area (Å²) in [6, 6.07) is 5.15. The molecule has 0 aliphatic carbocycles. The quantitative estimate of drug-likeness (QED) is 0.803. The fraction of sp³-hybridized carbons (Fsp3) is 0.474. The van der Waals surface area contributed by atoms with Crippen LogP contribution in [-0.4, -0.2) is 27.7 Å². The number of nitrogens with zero attached hydrogens (tertiary/aromatic N) is 4. The maximum atomic E-state index is 13.2. The van der Waals surface area contributed by atoms with Gasteiger partial charge >= 0.3 is 6.18 Å². The molecule has 0 N–H and O–H groups in total. The van der Waals surface area contributed by atoms with Gasteiger partial charge in [-0.3, -0.25) is 19.2 Å². The highest BCUT2D eigenvalue weighted by molar-refractivity contribution is 5.59. The molecule has 2 aromatic rings. The standard InChI is InChI=1S/C19H23F3N4O/c1-4-5-9-24-11-25(16-8-6-7-15(10-16)19(20,21)22)18-23-14(3)13(2)17(27)26(18)12-24/h6-8,10H,4-5,9,11-12H2,1-3H3. The maximum Gasteiger partial charge on any atom is 0.416 e. The number of anilines is 2. The first-order valence-corrected chi connectivity index (χ1v) is 8.97. The largest absolute Gasteiger partial charge is 0.416 e. The van der Waals surface area contributed by atoms with Crippen LogP contribution in [0.25, 0.3) is 0 Å². The molecule has 0 saturated carbocycles. The average Bonchev–Trinajstić information content (AvgIpc) is 2.64. The second-order valence-electron chi connectivity index (χ2n) is 6.86. The highest BCUT2D eigenvalue weighted by atomic mass is 19.4. The van der Waals surface area contributed by atoms with E-state index in [1.807, 2.05) is 0 Å². The summed E-state index contributed by atoms with van der Waals surface area (Å²) in [5.41, 5.74) is 0.638. The molecule has 1 aromatic carbocycles. The van der Waals surface area contributed by atoms with Crippen LogP contribution in [0.3, 0.4) is 0 Å². The molecule has 27 heavy (non-hydrogen) atoms. The Hall–Kier alpha value is -2.35. The van der Waals surface area contributed by atoms with Crippen molar-refractivity contribution in [2.45, 2.75) is 46.5 Å². The van der Waals surface area contributed by atoms with Crippen molar-refractivity contribution in [3.63, 3.8) is 0 Å². The van der Waals surface area contributed by atoms with Crippen LogP contribution in [-0.2, 0) is 12.8 Å². The summed E-state index contributed by atoms with van der Waals surface area (Å²) in [4.78, 5) is 21.0. The molecular weight excluding hydrogens is 357 g/mol. The minimum Gasteiger partial charge on any atom is -0.298 e. The molecule has 0 atom stereocenters. The van der Waals surface area contributed by atoms with Crippen LogP contribution in [0.1, 0.15) is 36.6 Å². The summed E-state index contributed by atoms with van der Waals surface area (Å²) >= 11 is 0. The minimum absolute atomic E-state index is 0.157. The summed E-state index contributed by atoms with van der Waals surface area (Å²) < 4.78 is 41.0. The first kappa shape index (κ1) is 19.4. The van der Waals surface area contributed by atoms with Crippen LogP contribution in [0, 0.1) is 13.8 Å². The van der Waals surface area contributed by atoms with Crippen molar-refractivity contribution in [2.75, 3.05) is 18.1 Å². The Kier molecular flexibility index (Phi) is 5.28. The SMILES string of the molecule is CCCCN1CN(c2cccc(C(F)(F)F)c2)c2nc(C)c(C)c(=O)n2C1. The molecule has 8 heteroatoms. The Morgan fingerprint density at radius 3 is 2.59 bits per heavy atom. The lowest BCUT2D eigenvalue weighted by Gasteiger charge is -2.38. The second kappa shape index (κ2) is 7.34. The first-order chi connectivity index (χ1) is 12.7. The molecule has 5 nitrogen and oxygen atoms in total. The van der Waals surface area contributed by atoms with Crippen molar-refractivity contribution in [1.29, 1.82) is 0 Å². The minimum atomic E-state index is -4.43. The van der Waals surface area contributed by atoms with Gasteiger partial charge in [0.1, 0.15) is 0 Å². The lowest BCUT2D eigenvalue weighted by molar-refractivity contribution is -0.137.